The first-order valence-electron chi connectivity index (χ1n) is 5.02. The molecule has 0 aliphatic rings. The van der Waals surface area contributed by atoms with E-state index in [2.05, 4.69) is 9.82 Å². The molecule has 0 atom stereocenters. The molecule has 16 heavy (non-hydrogen) atoms. The zero-order chi connectivity index (χ0) is 12.5. The van der Waals surface area contributed by atoms with Gasteiger partial charge in [-0.05, 0) is 12.8 Å². The van der Waals surface area contributed by atoms with Crippen LogP contribution in [0.5, 0.6) is 0 Å². The van der Waals surface area contributed by atoms with Crippen LogP contribution in [0.15, 0.2) is 0 Å². The number of anilines is 2. The van der Waals surface area contributed by atoms with Crippen LogP contribution in [-0.4, -0.2) is 24.0 Å². The lowest BCUT2D eigenvalue weighted by molar-refractivity contribution is 0.586. The molecule has 0 aliphatic heterocycles. The van der Waals surface area contributed by atoms with E-state index in [0.717, 1.165) is 0 Å². The Kier molecular flexibility index (Phi) is 3.47. The molecule has 0 aliphatic carbocycles. The lowest BCUT2D eigenvalue weighted by atomic mass is 10.3. The highest BCUT2D eigenvalue weighted by Crippen LogP contribution is 2.22. The quantitative estimate of drug-likeness (QED) is 0.818. The number of hydrogen-bond acceptors (Lipinski definition) is 4. The molecule has 0 spiro atoms. The van der Waals surface area contributed by atoms with E-state index < -0.39 is 10.0 Å². The molecule has 0 radical (unpaired) electrons. The molecular weight excluding hydrogens is 228 g/mol. The van der Waals surface area contributed by atoms with Gasteiger partial charge < -0.3 is 5.73 Å². The summed E-state index contributed by atoms with van der Waals surface area (Å²) in [4.78, 5) is 0. The Bertz CT molecular complexity index is 476. The highest BCUT2D eigenvalue weighted by Gasteiger charge is 2.18. The zero-order valence-electron chi connectivity index (χ0n) is 9.98. The van der Waals surface area contributed by atoms with Crippen LogP contribution in [-0.2, 0) is 17.1 Å². The summed E-state index contributed by atoms with van der Waals surface area (Å²) >= 11 is 0. The molecular formula is C9H18N4O2S. The number of sulfonamides is 1. The highest BCUT2D eigenvalue weighted by atomic mass is 32.2. The third kappa shape index (κ3) is 2.88. The van der Waals surface area contributed by atoms with Crippen LogP contribution in [0.1, 0.15) is 19.5 Å². The minimum absolute atomic E-state index is 0.0630. The maximum Gasteiger partial charge on any atom is 0.234 e. The number of rotatable bonds is 4. The summed E-state index contributed by atoms with van der Waals surface area (Å²) in [5.41, 5.74) is 6.72. The molecule has 1 heterocycles. The number of nitrogens with zero attached hydrogens (tertiary/aromatic N) is 2. The van der Waals surface area contributed by atoms with E-state index >= 15 is 0 Å². The van der Waals surface area contributed by atoms with Crippen molar-refractivity contribution in [3.05, 3.63) is 5.69 Å². The van der Waals surface area contributed by atoms with E-state index in [-0.39, 0.29) is 11.7 Å². The second-order valence-corrected chi connectivity index (χ2v) is 6.02. The van der Waals surface area contributed by atoms with Gasteiger partial charge in [0.25, 0.3) is 0 Å². The van der Waals surface area contributed by atoms with Gasteiger partial charge in [0.05, 0.1) is 17.1 Å². The molecule has 92 valence electrons. The normalized spacial score (nSPS) is 12.1. The molecule has 0 saturated heterocycles. The predicted molar refractivity (Wildman–Crippen MR) is 64.6 cm³/mol. The maximum atomic E-state index is 11.7. The van der Waals surface area contributed by atoms with Crippen molar-refractivity contribution < 1.29 is 8.42 Å². The van der Waals surface area contributed by atoms with Gasteiger partial charge in [-0.15, -0.1) is 0 Å². The van der Waals surface area contributed by atoms with Gasteiger partial charge in [0, 0.05) is 7.05 Å². The molecule has 1 aromatic heterocycles. The van der Waals surface area contributed by atoms with Gasteiger partial charge in [0.1, 0.15) is 0 Å². The van der Waals surface area contributed by atoms with Crippen LogP contribution in [0.3, 0.4) is 0 Å². The lowest BCUT2D eigenvalue weighted by Gasteiger charge is -2.10. The fourth-order valence-corrected chi connectivity index (χ4v) is 2.92. The highest BCUT2D eigenvalue weighted by molar-refractivity contribution is 7.92. The second-order valence-electron chi connectivity index (χ2n) is 4.25. The molecule has 0 unspecified atom stereocenters. The zero-order valence-corrected chi connectivity index (χ0v) is 10.8. The standard InChI is InChI=1S/C9H18N4O2S/c1-6(2)5-16(14,15)12-9-8(10)7(3)11-13(9)4/h6,12H,5,10H2,1-4H3. The fourth-order valence-electron chi connectivity index (χ4n) is 1.42. The van der Waals surface area contributed by atoms with Crippen molar-refractivity contribution in [3.8, 4) is 0 Å². The average molecular weight is 246 g/mol. The molecule has 6 nitrogen and oxygen atoms in total. The molecule has 3 N–H and O–H groups in total. The van der Waals surface area contributed by atoms with Crippen molar-refractivity contribution in [2.75, 3.05) is 16.2 Å². The van der Waals surface area contributed by atoms with E-state index in [9.17, 15) is 8.42 Å². The Morgan fingerprint density at radius 2 is 2.06 bits per heavy atom. The Labute approximate surface area is 95.9 Å². The van der Waals surface area contributed by atoms with Crippen LogP contribution in [0.2, 0.25) is 0 Å². The number of nitrogens with one attached hydrogen (secondary N) is 1. The molecule has 7 heteroatoms. The topological polar surface area (TPSA) is 90.0 Å². The van der Waals surface area contributed by atoms with Gasteiger partial charge in [-0.3, -0.25) is 4.72 Å². The Balaban J connectivity index is 2.97. The van der Waals surface area contributed by atoms with Gasteiger partial charge in [-0.25, -0.2) is 13.1 Å². The van der Waals surface area contributed by atoms with E-state index in [0.29, 0.717) is 17.2 Å². The predicted octanol–water partition coefficient (Wildman–Crippen LogP) is 0.708. The maximum absolute atomic E-state index is 11.7. The van der Waals surface area contributed by atoms with E-state index in [1.807, 2.05) is 13.8 Å². The van der Waals surface area contributed by atoms with Crippen LogP contribution < -0.4 is 10.5 Å². The number of aryl methyl sites for hydroxylation is 2. The van der Waals surface area contributed by atoms with Gasteiger partial charge >= 0.3 is 0 Å². The third-order valence-corrected chi connectivity index (χ3v) is 3.68. The van der Waals surface area contributed by atoms with E-state index in [1.165, 1.54) is 4.68 Å². The summed E-state index contributed by atoms with van der Waals surface area (Å²) in [6, 6.07) is 0. The number of aromatic nitrogens is 2. The van der Waals surface area contributed by atoms with Gasteiger partial charge in [-0.1, -0.05) is 13.8 Å². The van der Waals surface area contributed by atoms with Crippen molar-refractivity contribution in [1.82, 2.24) is 9.78 Å². The molecule has 0 amide bonds. The molecule has 1 aromatic rings. The van der Waals surface area contributed by atoms with Crippen LogP contribution in [0.25, 0.3) is 0 Å². The minimum Gasteiger partial charge on any atom is -0.394 e. The Hall–Kier alpha value is -1.24. The summed E-state index contributed by atoms with van der Waals surface area (Å²) < 4.78 is 27.3. The molecule has 0 fully saturated rings. The van der Waals surface area contributed by atoms with Crippen LogP contribution in [0, 0.1) is 12.8 Å². The van der Waals surface area contributed by atoms with E-state index in [4.69, 9.17) is 5.73 Å². The van der Waals surface area contributed by atoms with E-state index in [1.54, 1.807) is 14.0 Å². The van der Waals surface area contributed by atoms with Crippen molar-refractivity contribution >= 4 is 21.5 Å². The molecule has 0 saturated carbocycles. The van der Waals surface area contributed by atoms with Crippen molar-refractivity contribution in [2.24, 2.45) is 13.0 Å². The summed E-state index contributed by atoms with van der Waals surface area (Å²) in [5, 5.41) is 4.04. The Morgan fingerprint density at radius 3 is 2.44 bits per heavy atom. The number of nitrogen functional groups attached to an aromatic ring is 1. The first-order valence-corrected chi connectivity index (χ1v) is 6.67. The fraction of sp³-hybridized carbons (Fsp3) is 0.667. The smallest absolute Gasteiger partial charge is 0.234 e. The number of hydrogen-bond donors (Lipinski definition) is 2. The molecule has 0 bridgehead atoms. The summed E-state index contributed by atoms with van der Waals surface area (Å²) in [5.74, 6) is 0.461. The van der Waals surface area contributed by atoms with Crippen molar-refractivity contribution in [3.63, 3.8) is 0 Å². The summed E-state index contributed by atoms with van der Waals surface area (Å²) in [6.45, 7) is 5.42. The third-order valence-electron chi connectivity index (χ3n) is 2.07. The number of nitrogens with two attached hydrogens (primary N) is 1. The first-order chi connectivity index (χ1) is 7.23. The Morgan fingerprint density at radius 1 is 1.50 bits per heavy atom. The van der Waals surface area contributed by atoms with Gasteiger partial charge in [0.15, 0.2) is 5.82 Å². The summed E-state index contributed by atoms with van der Waals surface area (Å²) in [7, 11) is -1.71. The second kappa shape index (κ2) is 4.32. The van der Waals surface area contributed by atoms with Crippen LogP contribution >= 0.6 is 0 Å². The van der Waals surface area contributed by atoms with Crippen LogP contribution in [0.4, 0.5) is 11.5 Å². The van der Waals surface area contributed by atoms with Gasteiger partial charge in [-0.2, -0.15) is 5.10 Å². The van der Waals surface area contributed by atoms with Crippen molar-refractivity contribution in [1.29, 1.82) is 0 Å². The first kappa shape index (κ1) is 12.8. The lowest BCUT2D eigenvalue weighted by Crippen LogP contribution is -2.22. The molecule has 1 rings (SSSR count). The van der Waals surface area contributed by atoms with Gasteiger partial charge in [0.2, 0.25) is 10.0 Å². The molecule has 0 aromatic carbocycles. The van der Waals surface area contributed by atoms with Crippen molar-refractivity contribution in [2.45, 2.75) is 20.8 Å². The largest absolute Gasteiger partial charge is 0.394 e. The summed E-state index contributed by atoms with van der Waals surface area (Å²) in [6.07, 6.45) is 0. The SMILES string of the molecule is Cc1nn(C)c(NS(=O)(=O)CC(C)C)c1N. The average Bonchev–Trinajstić information content (AvgIpc) is 2.29. The minimum atomic E-state index is -3.36. The monoisotopic (exact) mass is 246 g/mol.